The van der Waals surface area contributed by atoms with Crippen LogP contribution in [0.25, 0.3) is 0 Å². The van der Waals surface area contributed by atoms with Crippen LogP contribution in [0.2, 0.25) is 0 Å². The van der Waals surface area contributed by atoms with Gasteiger partial charge in [-0.05, 0) is 12.8 Å². The van der Waals surface area contributed by atoms with Gasteiger partial charge >= 0.3 is 0 Å². The zero-order valence-electron chi connectivity index (χ0n) is 9.93. The molecule has 0 heterocycles. The van der Waals surface area contributed by atoms with E-state index in [1.807, 2.05) is 13.8 Å². The average molecular weight is 211 g/mol. The Bertz CT molecular complexity index is 252. The molecule has 0 unspecified atom stereocenters. The Morgan fingerprint density at radius 2 is 1.67 bits per heavy atom. The molecule has 3 heteroatoms. The Labute approximate surface area is 91.6 Å². The van der Waals surface area contributed by atoms with E-state index in [9.17, 15) is 9.59 Å². The van der Waals surface area contributed by atoms with Crippen molar-refractivity contribution in [3.63, 3.8) is 0 Å². The topological polar surface area (TPSA) is 46.2 Å². The molecular weight excluding hydrogens is 190 g/mol. The first-order valence-corrected chi connectivity index (χ1v) is 5.81. The van der Waals surface area contributed by atoms with E-state index in [2.05, 4.69) is 5.32 Å². The van der Waals surface area contributed by atoms with Crippen LogP contribution in [0.15, 0.2) is 0 Å². The lowest BCUT2D eigenvalue weighted by Gasteiger charge is -2.37. The second kappa shape index (κ2) is 4.77. The third kappa shape index (κ3) is 2.80. The Kier molecular flexibility index (Phi) is 3.89. The lowest BCUT2D eigenvalue weighted by atomic mass is 9.75. The zero-order valence-corrected chi connectivity index (χ0v) is 9.93. The van der Waals surface area contributed by atoms with E-state index in [4.69, 9.17) is 0 Å². The third-order valence-electron chi connectivity index (χ3n) is 3.12. The molecule has 86 valence electrons. The molecule has 0 aliphatic heterocycles. The number of carbonyl (C=O) groups excluding carboxylic acids is 2. The molecule has 0 spiro atoms. The maximum atomic E-state index is 12.1. The number of carbonyl (C=O) groups is 2. The summed E-state index contributed by atoms with van der Waals surface area (Å²) >= 11 is 0. The van der Waals surface area contributed by atoms with E-state index in [1.54, 1.807) is 0 Å². The molecule has 1 N–H and O–H groups in total. The molecule has 1 aliphatic carbocycles. The summed E-state index contributed by atoms with van der Waals surface area (Å²) in [6, 6.07) is 0. The lowest BCUT2D eigenvalue weighted by molar-refractivity contribution is -0.134. The molecule has 15 heavy (non-hydrogen) atoms. The van der Waals surface area contributed by atoms with Crippen LogP contribution in [0, 0.1) is 5.92 Å². The van der Waals surface area contributed by atoms with Crippen LogP contribution in [0.4, 0.5) is 0 Å². The molecule has 1 fully saturated rings. The molecule has 3 nitrogen and oxygen atoms in total. The SMILES string of the molecule is CC(=O)NC1(C(=O)C(C)C)CCCCC1. The van der Waals surface area contributed by atoms with E-state index in [-0.39, 0.29) is 17.6 Å². The molecule has 1 aliphatic rings. The highest BCUT2D eigenvalue weighted by Crippen LogP contribution is 2.31. The van der Waals surface area contributed by atoms with Gasteiger partial charge in [0.1, 0.15) is 0 Å². The fourth-order valence-corrected chi connectivity index (χ4v) is 2.48. The summed E-state index contributed by atoms with van der Waals surface area (Å²) in [6.07, 6.45) is 4.87. The number of hydrogen-bond acceptors (Lipinski definition) is 2. The van der Waals surface area contributed by atoms with Crippen molar-refractivity contribution >= 4 is 11.7 Å². The summed E-state index contributed by atoms with van der Waals surface area (Å²) in [5.41, 5.74) is -0.557. The maximum Gasteiger partial charge on any atom is 0.217 e. The van der Waals surface area contributed by atoms with Gasteiger partial charge in [0.25, 0.3) is 0 Å². The van der Waals surface area contributed by atoms with Crippen molar-refractivity contribution in [1.82, 2.24) is 5.32 Å². The minimum absolute atomic E-state index is 0.00468. The first kappa shape index (κ1) is 12.2. The van der Waals surface area contributed by atoms with Gasteiger partial charge < -0.3 is 5.32 Å². The van der Waals surface area contributed by atoms with E-state index in [0.29, 0.717) is 0 Å². The number of hydrogen-bond donors (Lipinski definition) is 1. The highest BCUT2D eigenvalue weighted by atomic mass is 16.2. The van der Waals surface area contributed by atoms with Crippen molar-refractivity contribution in [2.75, 3.05) is 0 Å². The zero-order chi connectivity index (χ0) is 11.5. The quantitative estimate of drug-likeness (QED) is 0.776. The highest BCUT2D eigenvalue weighted by molar-refractivity contribution is 5.93. The van der Waals surface area contributed by atoms with Gasteiger partial charge in [0.2, 0.25) is 5.91 Å². The van der Waals surface area contributed by atoms with Crippen LogP contribution in [0.1, 0.15) is 52.9 Å². The summed E-state index contributed by atoms with van der Waals surface area (Å²) in [6.45, 7) is 5.30. The van der Waals surface area contributed by atoms with Gasteiger partial charge in [-0.25, -0.2) is 0 Å². The minimum Gasteiger partial charge on any atom is -0.344 e. The van der Waals surface area contributed by atoms with Crippen LogP contribution in [-0.4, -0.2) is 17.2 Å². The molecule has 0 atom stereocenters. The van der Waals surface area contributed by atoms with Crippen LogP contribution >= 0.6 is 0 Å². The fourth-order valence-electron chi connectivity index (χ4n) is 2.48. The van der Waals surface area contributed by atoms with Crippen LogP contribution < -0.4 is 5.32 Å². The van der Waals surface area contributed by atoms with E-state index < -0.39 is 5.54 Å². The van der Waals surface area contributed by atoms with Crippen molar-refractivity contribution < 1.29 is 9.59 Å². The predicted octanol–water partition coefficient (Wildman–Crippen LogP) is 2.05. The molecule has 0 bridgehead atoms. The first-order chi connectivity index (χ1) is 6.98. The van der Waals surface area contributed by atoms with Crippen molar-refractivity contribution in [2.45, 2.75) is 58.4 Å². The van der Waals surface area contributed by atoms with E-state index >= 15 is 0 Å². The van der Waals surface area contributed by atoms with Gasteiger partial charge in [0.15, 0.2) is 5.78 Å². The van der Waals surface area contributed by atoms with Gasteiger partial charge in [-0.2, -0.15) is 0 Å². The van der Waals surface area contributed by atoms with E-state index in [0.717, 1.165) is 25.7 Å². The van der Waals surface area contributed by atoms with Gasteiger partial charge in [-0.3, -0.25) is 9.59 Å². The summed E-state index contributed by atoms with van der Waals surface area (Å²) in [5, 5.41) is 2.89. The lowest BCUT2D eigenvalue weighted by Crippen LogP contribution is -2.56. The van der Waals surface area contributed by atoms with Crippen molar-refractivity contribution in [3.8, 4) is 0 Å². The molecule has 0 saturated heterocycles. The van der Waals surface area contributed by atoms with E-state index in [1.165, 1.54) is 13.3 Å². The maximum absolute atomic E-state index is 12.1. The number of amides is 1. The Morgan fingerprint density at radius 1 is 1.13 bits per heavy atom. The van der Waals surface area contributed by atoms with Crippen molar-refractivity contribution in [3.05, 3.63) is 0 Å². The Hall–Kier alpha value is -0.860. The van der Waals surface area contributed by atoms with Gasteiger partial charge in [-0.15, -0.1) is 0 Å². The smallest absolute Gasteiger partial charge is 0.217 e. The van der Waals surface area contributed by atoms with Crippen LogP contribution in [0.5, 0.6) is 0 Å². The van der Waals surface area contributed by atoms with Crippen LogP contribution in [0.3, 0.4) is 0 Å². The number of nitrogens with one attached hydrogen (secondary N) is 1. The summed E-state index contributed by atoms with van der Waals surface area (Å²) < 4.78 is 0. The van der Waals surface area contributed by atoms with Crippen molar-refractivity contribution in [1.29, 1.82) is 0 Å². The minimum atomic E-state index is -0.557. The third-order valence-corrected chi connectivity index (χ3v) is 3.12. The Morgan fingerprint density at radius 3 is 2.07 bits per heavy atom. The summed E-state index contributed by atoms with van der Waals surface area (Å²) in [5.74, 6) is 0.0956. The summed E-state index contributed by atoms with van der Waals surface area (Å²) in [4.78, 5) is 23.3. The molecule has 0 aromatic heterocycles. The molecule has 1 rings (SSSR count). The fraction of sp³-hybridized carbons (Fsp3) is 0.833. The molecule has 0 radical (unpaired) electrons. The second-order valence-corrected chi connectivity index (χ2v) is 4.84. The van der Waals surface area contributed by atoms with Crippen molar-refractivity contribution in [2.24, 2.45) is 5.92 Å². The van der Waals surface area contributed by atoms with Gasteiger partial charge in [0, 0.05) is 12.8 Å². The number of rotatable bonds is 3. The monoisotopic (exact) mass is 211 g/mol. The number of Topliss-reactive ketones (excluding diaryl/α,β-unsaturated/α-hetero) is 1. The molecule has 0 aromatic rings. The van der Waals surface area contributed by atoms with Gasteiger partial charge in [-0.1, -0.05) is 33.1 Å². The standard InChI is InChI=1S/C12H21NO2/c1-9(2)11(15)12(13-10(3)14)7-5-4-6-8-12/h9H,4-8H2,1-3H3,(H,13,14). The first-order valence-electron chi connectivity index (χ1n) is 5.81. The summed E-state index contributed by atoms with van der Waals surface area (Å²) in [7, 11) is 0. The predicted molar refractivity (Wildman–Crippen MR) is 59.5 cm³/mol. The molecule has 0 aromatic carbocycles. The largest absolute Gasteiger partial charge is 0.344 e. The highest BCUT2D eigenvalue weighted by Gasteiger charge is 2.40. The normalized spacial score (nSPS) is 20.0. The molecular formula is C12H21NO2. The van der Waals surface area contributed by atoms with Crippen LogP contribution in [-0.2, 0) is 9.59 Å². The average Bonchev–Trinajstić information content (AvgIpc) is 2.16. The van der Waals surface area contributed by atoms with Gasteiger partial charge in [0.05, 0.1) is 5.54 Å². The molecule has 1 amide bonds. The Balaban J connectivity index is 2.84. The number of ketones is 1. The second-order valence-electron chi connectivity index (χ2n) is 4.84. The molecule has 1 saturated carbocycles.